The van der Waals surface area contributed by atoms with Gasteiger partial charge in [0.2, 0.25) is 0 Å². The first kappa shape index (κ1) is 11.8. The molecule has 1 aliphatic carbocycles. The zero-order chi connectivity index (χ0) is 13.4. The van der Waals surface area contributed by atoms with Crippen LogP contribution in [0.4, 0.5) is 0 Å². The van der Waals surface area contributed by atoms with Crippen LogP contribution in [0.5, 0.6) is 17.4 Å². The van der Waals surface area contributed by atoms with Crippen molar-refractivity contribution >= 4 is 0 Å². The van der Waals surface area contributed by atoms with Crippen LogP contribution >= 0.6 is 0 Å². The smallest absolute Gasteiger partial charge is 0.313 e. The summed E-state index contributed by atoms with van der Waals surface area (Å²) in [5.74, 6) is 0.559. The van der Waals surface area contributed by atoms with Crippen LogP contribution in [0.1, 0.15) is 24.4 Å². The number of aromatic hydroxyl groups is 1. The second kappa shape index (κ2) is 4.42. The summed E-state index contributed by atoms with van der Waals surface area (Å²) in [6.45, 7) is 1.84. The molecule has 1 N–H and O–H groups in total. The van der Waals surface area contributed by atoms with Crippen LogP contribution in [-0.4, -0.2) is 14.7 Å². The molecule has 0 radical (unpaired) electrons. The Morgan fingerprint density at radius 2 is 2.16 bits per heavy atom. The first-order chi connectivity index (χ1) is 9.13. The summed E-state index contributed by atoms with van der Waals surface area (Å²) in [6.07, 6.45) is 5.29. The molecule has 19 heavy (non-hydrogen) atoms. The molecule has 1 aromatic carbocycles. The van der Waals surface area contributed by atoms with Crippen LogP contribution in [0.2, 0.25) is 0 Å². The van der Waals surface area contributed by atoms with E-state index < -0.39 is 0 Å². The van der Waals surface area contributed by atoms with E-state index in [1.165, 1.54) is 6.07 Å². The normalized spacial score (nSPS) is 14.4. The van der Waals surface area contributed by atoms with E-state index in [-0.39, 0.29) is 23.2 Å². The van der Waals surface area contributed by atoms with Crippen molar-refractivity contribution in [2.24, 2.45) is 0 Å². The molecule has 0 amide bonds. The van der Waals surface area contributed by atoms with Gasteiger partial charge in [-0.2, -0.15) is 0 Å². The Morgan fingerprint density at radius 1 is 1.37 bits per heavy atom. The molecule has 1 heterocycles. The standard InChI is InChI=1S/C14H14N2O3/c1-9-6-11(17)8-12(7-9)19-13-14(18)16(5-4-15-13)10-2-3-10/h4-8,10,17H,2-3H2,1H3. The molecule has 1 saturated carbocycles. The lowest BCUT2D eigenvalue weighted by molar-refractivity contribution is 0.433. The quantitative estimate of drug-likeness (QED) is 0.918. The Bertz CT molecular complexity index is 654. The van der Waals surface area contributed by atoms with Crippen molar-refractivity contribution in [2.45, 2.75) is 25.8 Å². The number of benzene rings is 1. The van der Waals surface area contributed by atoms with E-state index in [9.17, 15) is 9.90 Å². The third-order valence-electron chi connectivity index (χ3n) is 3.03. The number of phenolic OH excluding ortho intramolecular Hbond substituents is 1. The third-order valence-corrected chi connectivity index (χ3v) is 3.03. The van der Waals surface area contributed by atoms with Gasteiger partial charge in [0, 0.05) is 24.5 Å². The molecule has 1 fully saturated rings. The molecular weight excluding hydrogens is 244 g/mol. The minimum absolute atomic E-state index is 0.0411. The molecule has 0 bridgehead atoms. The van der Waals surface area contributed by atoms with Crippen LogP contribution in [0.3, 0.4) is 0 Å². The summed E-state index contributed by atoms with van der Waals surface area (Å²) in [5.41, 5.74) is 0.624. The number of rotatable bonds is 3. The lowest BCUT2D eigenvalue weighted by Crippen LogP contribution is -2.20. The van der Waals surface area contributed by atoms with E-state index >= 15 is 0 Å². The highest BCUT2D eigenvalue weighted by atomic mass is 16.5. The van der Waals surface area contributed by atoms with Crippen LogP contribution in [0.25, 0.3) is 0 Å². The summed E-state index contributed by atoms with van der Waals surface area (Å²) >= 11 is 0. The summed E-state index contributed by atoms with van der Waals surface area (Å²) in [5, 5.41) is 9.51. The molecule has 2 aromatic rings. The molecule has 0 spiro atoms. The van der Waals surface area contributed by atoms with E-state index in [0.717, 1.165) is 18.4 Å². The van der Waals surface area contributed by atoms with Gasteiger partial charge in [0.1, 0.15) is 11.5 Å². The Labute approximate surface area is 110 Å². The van der Waals surface area contributed by atoms with E-state index in [0.29, 0.717) is 5.75 Å². The Balaban J connectivity index is 1.94. The van der Waals surface area contributed by atoms with Crippen molar-refractivity contribution in [2.75, 3.05) is 0 Å². The van der Waals surface area contributed by atoms with Crippen molar-refractivity contribution in [3.63, 3.8) is 0 Å². The zero-order valence-electron chi connectivity index (χ0n) is 10.5. The predicted octanol–water partition coefficient (Wildman–Crippen LogP) is 2.38. The van der Waals surface area contributed by atoms with E-state index in [1.807, 2.05) is 6.92 Å². The summed E-state index contributed by atoms with van der Waals surface area (Å²) in [7, 11) is 0. The fourth-order valence-corrected chi connectivity index (χ4v) is 2.02. The predicted molar refractivity (Wildman–Crippen MR) is 69.7 cm³/mol. The third kappa shape index (κ3) is 2.45. The zero-order valence-corrected chi connectivity index (χ0v) is 10.5. The van der Waals surface area contributed by atoms with Gasteiger partial charge in [0.25, 0.3) is 5.88 Å². The average molecular weight is 258 g/mol. The SMILES string of the molecule is Cc1cc(O)cc(Oc2nccn(C3CC3)c2=O)c1. The van der Waals surface area contributed by atoms with E-state index in [1.54, 1.807) is 29.1 Å². The van der Waals surface area contributed by atoms with E-state index in [4.69, 9.17) is 4.74 Å². The number of aryl methyl sites for hydroxylation is 1. The molecule has 0 aliphatic heterocycles. The molecule has 1 aromatic heterocycles. The fraction of sp³-hybridized carbons (Fsp3) is 0.286. The molecule has 98 valence electrons. The molecule has 0 unspecified atom stereocenters. The van der Waals surface area contributed by atoms with Crippen molar-refractivity contribution in [1.29, 1.82) is 0 Å². The van der Waals surface area contributed by atoms with Gasteiger partial charge in [-0.25, -0.2) is 4.98 Å². The van der Waals surface area contributed by atoms with Crippen molar-refractivity contribution in [3.8, 4) is 17.4 Å². The number of aromatic nitrogens is 2. The lowest BCUT2D eigenvalue weighted by Gasteiger charge is -2.08. The van der Waals surface area contributed by atoms with Crippen LogP contribution in [-0.2, 0) is 0 Å². The summed E-state index contributed by atoms with van der Waals surface area (Å²) < 4.78 is 7.14. The second-order valence-electron chi connectivity index (χ2n) is 4.78. The molecule has 5 nitrogen and oxygen atoms in total. The van der Waals surface area contributed by atoms with E-state index in [2.05, 4.69) is 4.98 Å². The van der Waals surface area contributed by atoms with Gasteiger partial charge in [0.05, 0.1) is 0 Å². The highest BCUT2D eigenvalue weighted by Crippen LogP contribution is 2.33. The fourth-order valence-electron chi connectivity index (χ4n) is 2.02. The second-order valence-corrected chi connectivity index (χ2v) is 4.78. The van der Waals surface area contributed by atoms with Crippen LogP contribution in [0, 0.1) is 6.92 Å². The monoisotopic (exact) mass is 258 g/mol. The van der Waals surface area contributed by atoms with Crippen LogP contribution in [0.15, 0.2) is 35.4 Å². The Hall–Kier alpha value is -2.30. The first-order valence-corrected chi connectivity index (χ1v) is 6.19. The number of nitrogens with zero attached hydrogens (tertiary/aromatic N) is 2. The number of hydrogen-bond donors (Lipinski definition) is 1. The first-order valence-electron chi connectivity index (χ1n) is 6.19. The van der Waals surface area contributed by atoms with Gasteiger partial charge in [0.15, 0.2) is 0 Å². The molecule has 0 saturated heterocycles. The van der Waals surface area contributed by atoms with Gasteiger partial charge >= 0.3 is 5.56 Å². The molecule has 1 aliphatic rings. The average Bonchev–Trinajstić information content (AvgIpc) is 3.14. The topological polar surface area (TPSA) is 64.3 Å². The maximum Gasteiger partial charge on any atom is 0.313 e. The maximum atomic E-state index is 12.1. The maximum absolute atomic E-state index is 12.1. The van der Waals surface area contributed by atoms with Gasteiger partial charge in [-0.3, -0.25) is 4.79 Å². The van der Waals surface area contributed by atoms with Crippen molar-refractivity contribution in [1.82, 2.24) is 9.55 Å². The molecular formula is C14H14N2O3. The Morgan fingerprint density at radius 3 is 2.84 bits per heavy atom. The largest absolute Gasteiger partial charge is 0.508 e. The van der Waals surface area contributed by atoms with Crippen molar-refractivity contribution in [3.05, 3.63) is 46.5 Å². The molecule has 5 heteroatoms. The minimum atomic E-state index is -0.231. The molecule has 3 rings (SSSR count). The number of hydrogen-bond acceptors (Lipinski definition) is 4. The minimum Gasteiger partial charge on any atom is -0.508 e. The number of phenols is 1. The summed E-state index contributed by atoms with van der Waals surface area (Å²) in [6, 6.07) is 5.11. The van der Waals surface area contributed by atoms with Crippen molar-refractivity contribution < 1.29 is 9.84 Å². The Kier molecular flexibility index (Phi) is 2.74. The molecule has 0 atom stereocenters. The van der Waals surface area contributed by atoms with Gasteiger partial charge in [-0.1, -0.05) is 0 Å². The van der Waals surface area contributed by atoms with Gasteiger partial charge in [-0.15, -0.1) is 0 Å². The highest BCUT2D eigenvalue weighted by Gasteiger charge is 2.25. The number of ether oxygens (including phenoxy) is 1. The highest BCUT2D eigenvalue weighted by molar-refractivity contribution is 5.38. The van der Waals surface area contributed by atoms with Gasteiger partial charge < -0.3 is 14.4 Å². The van der Waals surface area contributed by atoms with Gasteiger partial charge in [-0.05, 0) is 37.5 Å². The lowest BCUT2D eigenvalue weighted by atomic mass is 10.2. The summed E-state index contributed by atoms with van der Waals surface area (Å²) in [4.78, 5) is 16.1. The van der Waals surface area contributed by atoms with Crippen LogP contribution < -0.4 is 10.3 Å².